The molecule has 2 atom stereocenters. The normalized spacial score (nSPS) is 14.8. The molecule has 0 aromatic carbocycles. The molecule has 0 saturated carbocycles. The van der Waals surface area contributed by atoms with Gasteiger partial charge in [-0.15, -0.1) is 11.3 Å². The highest BCUT2D eigenvalue weighted by Gasteiger charge is 2.23. The summed E-state index contributed by atoms with van der Waals surface area (Å²) in [5.74, 6) is 0. The lowest BCUT2D eigenvalue weighted by Crippen LogP contribution is -2.25. The van der Waals surface area contributed by atoms with Crippen molar-refractivity contribution in [2.75, 3.05) is 0 Å². The lowest BCUT2D eigenvalue weighted by Gasteiger charge is -2.21. The highest BCUT2D eigenvalue weighted by molar-refractivity contribution is 7.99. The number of hydrogen-bond acceptors (Lipinski definition) is 4. The highest BCUT2D eigenvalue weighted by Crippen LogP contribution is 2.40. The molecule has 0 radical (unpaired) electrons. The van der Waals surface area contributed by atoms with Crippen LogP contribution in [0.5, 0.6) is 0 Å². The zero-order chi connectivity index (χ0) is 12.3. The Hall–Kier alpha value is -0.780. The molecule has 0 aliphatic carbocycles. The van der Waals surface area contributed by atoms with Crippen LogP contribution in [0.1, 0.15) is 29.0 Å². The molecule has 3 N–H and O–H groups in total. The lowest BCUT2D eigenvalue weighted by molar-refractivity contribution is 0.637. The van der Waals surface area contributed by atoms with Gasteiger partial charge in [0.1, 0.15) is 0 Å². The van der Waals surface area contributed by atoms with E-state index >= 15 is 0 Å². The first-order valence-corrected chi connectivity index (χ1v) is 7.44. The first-order chi connectivity index (χ1) is 8.22. The van der Waals surface area contributed by atoms with Gasteiger partial charge in [-0.05, 0) is 30.4 Å². The molecule has 17 heavy (non-hydrogen) atoms. The smallest absolute Gasteiger partial charge is 0.165 e. The summed E-state index contributed by atoms with van der Waals surface area (Å²) >= 11 is 3.50. The number of imidazole rings is 1. The van der Waals surface area contributed by atoms with E-state index in [4.69, 9.17) is 5.73 Å². The second-order valence-electron chi connectivity index (χ2n) is 3.97. The summed E-state index contributed by atoms with van der Waals surface area (Å²) in [5.41, 5.74) is 7.56. The SMILES string of the molecule is CCC(N)C(Sc1ncc[nH]1)c1sccc1C. The van der Waals surface area contributed by atoms with Gasteiger partial charge in [0, 0.05) is 23.3 Å². The number of nitrogens with zero attached hydrogens (tertiary/aromatic N) is 1. The Bertz CT molecular complexity index is 450. The maximum absolute atomic E-state index is 6.24. The Morgan fingerprint density at radius 3 is 2.94 bits per heavy atom. The summed E-state index contributed by atoms with van der Waals surface area (Å²) in [4.78, 5) is 8.76. The summed E-state index contributed by atoms with van der Waals surface area (Å²) in [6.07, 6.45) is 4.59. The number of H-pyrrole nitrogens is 1. The first kappa shape index (κ1) is 12.7. The van der Waals surface area contributed by atoms with Crippen molar-refractivity contribution in [2.24, 2.45) is 5.73 Å². The van der Waals surface area contributed by atoms with E-state index in [2.05, 4.69) is 35.3 Å². The average molecular weight is 267 g/mol. The van der Waals surface area contributed by atoms with E-state index < -0.39 is 0 Å². The van der Waals surface area contributed by atoms with Crippen molar-refractivity contribution < 1.29 is 0 Å². The minimum absolute atomic E-state index is 0.155. The Labute approximate surface area is 110 Å². The minimum atomic E-state index is 0.155. The van der Waals surface area contributed by atoms with Gasteiger partial charge in [0.05, 0.1) is 5.25 Å². The van der Waals surface area contributed by atoms with Gasteiger partial charge in [0.2, 0.25) is 0 Å². The van der Waals surface area contributed by atoms with Crippen LogP contribution in [0, 0.1) is 6.92 Å². The van der Waals surface area contributed by atoms with Gasteiger partial charge in [0.15, 0.2) is 5.16 Å². The van der Waals surface area contributed by atoms with Crippen LogP contribution in [-0.2, 0) is 0 Å². The largest absolute Gasteiger partial charge is 0.340 e. The van der Waals surface area contributed by atoms with Gasteiger partial charge in [-0.25, -0.2) is 4.98 Å². The molecule has 0 spiro atoms. The summed E-state index contributed by atoms with van der Waals surface area (Å²) < 4.78 is 0. The fraction of sp³-hybridized carbons (Fsp3) is 0.417. The average Bonchev–Trinajstić information content (AvgIpc) is 2.96. The number of nitrogens with two attached hydrogens (primary N) is 1. The molecule has 2 aromatic rings. The van der Waals surface area contributed by atoms with Crippen LogP contribution >= 0.6 is 23.1 Å². The minimum Gasteiger partial charge on any atom is -0.340 e. The molecule has 0 amide bonds. The fourth-order valence-corrected chi connectivity index (χ4v) is 4.11. The van der Waals surface area contributed by atoms with Gasteiger partial charge in [-0.1, -0.05) is 18.7 Å². The number of aryl methyl sites for hydroxylation is 1. The second-order valence-corrected chi connectivity index (χ2v) is 6.05. The summed E-state index contributed by atoms with van der Waals surface area (Å²) in [6.45, 7) is 4.27. The van der Waals surface area contributed by atoms with Gasteiger partial charge in [0.25, 0.3) is 0 Å². The van der Waals surface area contributed by atoms with Gasteiger partial charge in [-0.2, -0.15) is 0 Å². The molecule has 2 heterocycles. The van der Waals surface area contributed by atoms with Crippen LogP contribution in [0.2, 0.25) is 0 Å². The molecular weight excluding hydrogens is 250 g/mol. The van der Waals surface area contributed by atoms with Crippen LogP contribution in [0.4, 0.5) is 0 Å². The van der Waals surface area contributed by atoms with Crippen molar-refractivity contribution in [3.63, 3.8) is 0 Å². The molecule has 3 nitrogen and oxygen atoms in total. The number of hydrogen-bond donors (Lipinski definition) is 2. The topological polar surface area (TPSA) is 54.7 Å². The maximum atomic E-state index is 6.24. The monoisotopic (exact) mass is 267 g/mol. The summed E-state index contributed by atoms with van der Waals surface area (Å²) in [5, 5.41) is 3.35. The first-order valence-electron chi connectivity index (χ1n) is 5.68. The lowest BCUT2D eigenvalue weighted by atomic mass is 10.1. The molecule has 0 fully saturated rings. The van der Waals surface area contributed by atoms with E-state index in [1.165, 1.54) is 10.4 Å². The molecule has 0 aliphatic heterocycles. The van der Waals surface area contributed by atoms with Crippen molar-refractivity contribution >= 4 is 23.1 Å². The van der Waals surface area contributed by atoms with Crippen LogP contribution in [0.3, 0.4) is 0 Å². The molecule has 92 valence electrons. The van der Waals surface area contributed by atoms with Crippen molar-refractivity contribution in [3.05, 3.63) is 34.3 Å². The Balaban J connectivity index is 2.23. The number of thiophene rings is 1. The van der Waals surface area contributed by atoms with E-state index in [1.807, 2.05) is 6.20 Å². The van der Waals surface area contributed by atoms with Crippen molar-refractivity contribution in [2.45, 2.75) is 36.7 Å². The van der Waals surface area contributed by atoms with E-state index in [0.29, 0.717) is 0 Å². The van der Waals surface area contributed by atoms with Crippen molar-refractivity contribution in [3.8, 4) is 0 Å². The second kappa shape index (κ2) is 5.71. The van der Waals surface area contributed by atoms with Crippen LogP contribution in [0.25, 0.3) is 0 Å². The quantitative estimate of drug-likeness (QED) is 0.817. The van der Waals surface area contributed by atoms with Crippen LogP contribution < -0.4 is 5.73 Å². The van der Waals surface area contributed by atoms with Gasteiger partial charge in [-0.3, -0.25) is 0 Å². The summed E-state index contributed by atoms with van der Waals surface area (Å²) in [6, 6.07) is 2.31. The zero-order valence-electron chi connectivity index (χ0n) is 10.0. The molecule has 5 heteroatoms. The third kappa shape index (κ3) is 2.91. The van der Waals surface area contributed by atoms with Crippen LogP contribution in [0.15, 0.2) is 29.0 Å². The standard InChI is InChI=1S/C12H17N3S2/c1-3-9(13)11(10-8(2)4-7-16-10)17-12-14-5-6-15-12/h4-7,9,11H,3,13H2,1-2H3,(H,14,15). The van der Waals surface area contributed by atoms with Crippen molar-refractivity contribution in [1.29, 1.82) is 0 Å². The highest BCUT2D eigenvalue weighted by atomic mass is 32.2. The third-order valence-electron chi connectivity index (χ3n) is 2.73. The maximum Gasteiger partial charge on any atom is 0.165 e. The zero-order valence-corrected chi connectivity index (χ0v) is 11.6. The van der Waals surface area contributed by atoms with E-state index in [0.717, 1.165) is 11.6 Å². The van der Waals surface area contributed by atoms with Crippen LogP contribution in [-0.4, -0.2) is 16.0 Å². The molecular formula is C12H17N3S2. The Morgan fingerprint density at radius 2 is 2.41 bits per heavy atom. The number of aromatic amines is 1. The van der Waals surface area contributed by atoms with E-state index in [9.17, 15) is 0 Å². The molecule has 0 saturated heterocycles. The number of thioether (sulfide) groups is 1. The predicted molar refractivity (Wildman–Crippen MR) is 74.5 cm³/mol. The molecule has 0 aliphatic rings. The third-order valence-corrected chi connectivity index (χ3v) is 5.27. The Kier molecular flexibility index (Phi) is 4.25. The van der Waals surface area contributed by atoms with Gasteiger partial charge >= 0.3 is 0 Å². The molecule has 2 aromatic heterocycles. The predicted octanol–water partition coefficient (Wildman–Crippen LogP) is 3.35. The number of aromatic nitrogens is 2. The fourth-order valence-electron chi connectivity index (χ4n) is 1.66. The van der Waals surface area contributed by atoms with E-state index in [1.54, 1.807) is 29.3 Å². The molecule has 2 unspecified atom stereocenters. The summed E-state index contributed by atoms with van der Waals surface area (Å²) in [7, 11) is 0. The van der Waals surface area contributed by atoms with Crippen molar-refractivity contribution in [1.82, 2.24) is 9.97 Å². The molecule has 2 rings (SSSR count). The number of rotatable bonds is 5. The number of nitrogens with one attached hydrogen (secondary N) is 1. The van der Waals surface area contributed by atoms with Gasteiger partial charge < -0.3 is 10.7 Å². The Morgan fingerprint density at radius 1 is 1.59 bits per heavy atom. The van der Waals surface area contributed by atoms with E-state index in [-0.39, 0.29) is 11.3 Å². The molecule has 0 bridgehead atoms.